The molecule has 0 bridgehead atoms. The first-order chi connectivity index (χ1) is 16.0. The maximum absolute atomic E-state index is 14.9. The van der Waals surface area contributed by atoms with E-state index in [1.165, 1.54) is 23.7 Å². The number of aromatic hydroxyl groups is 1. The molecule has 178 valence electrons. The summed E-state index contributed by atoms with van der Waals surface area (Å²) in [5, 5.41) is 22.0. The summed E-state index contributed by atoms with van der Waals surface area (Å²) in [4.78, 5) is 38.2. The monoisotopic (exact) mass is 467 g/mol. The third-order valence-electron chi connectivity index (χ3n) is 5.69. The van der Waals surface area contributed by atoms with E-state index in [9.17, 15) is 23.9 Å². The number of amides is 2. The molecule has 3 rings (SSSR count). The van der Waals surface area contributed by atoms with E-state index in [1.807, 2.05) is 31.2 Å². The zero-order chi connectivity index (χ0) is 25.2. The fourth-order valence-electron chi connectivity index (χ4n) is 3.74. The third kappa shape index (κ3) is 4.78. The first kappa shape index (κ1) is 24.5. The molecule has 3 aromatic rings. The number of carboxylic acid groups (broad SMARTS) is 1. The van der Waals surface area contributed by atoms with Gasteiger partial charge in [-0.05, 0) is 55.2 Å². The molecule has 1 heterocycles. The van der Waals surface area contributed by atoms with Crippen molar-refractivity contribution in [3.8, 4) is 16.9 Å². The molecule has 8 nitrogen and oxygen atoms in total. The van der Waals surface area contributed by atoms with Crippen molar-refractivity contribution >= 4 is 23.4 Å². The summed E-state index contributed by atoms with van der Waals surface area (Å²) in [6.45, 7) is 4.95. The lowest BCUT2D eigenvalue weighted by Gasteiger charge is -2.27. The number of pyridine rings is 1. The van der Waals surface area contributed by atoms with Gasteiger partial charge in [-0.15, -0.1) is 0 Å². The van der Waals surface area contributed by atoms with Gasteiger partial charge in [-0.1, -0.05) is 24.3 Å². The number of rotatable bonds is 6. The van der Waals surface area contributed by atoms with Gasteiger partial charge in [0.15, 0.2) is 5.69 Å². The lowest BCUT2D eigenvalue weighted by molar-refractivity contribution is -0.136. The van der Waals surface area contributed by atoms with Gasteiger partial charge in [-0.3, -0.25) is 14.5 Å². The quantitative estimate of drug-likeness (QED) is 0.504. The van der Waals surface area contributed by atoms with Gasteiger partial charge < -0.3 is 20.1 Å². The standard InChI is InChI=1S/C25H26FN3O5/c1-14-7-5-6-8-18(14)19-12-17(26)13-20(16(19)3)29(25(34)27-10-9-22(31)32)23-21(30)11-15(2)28(4)24(23)33/h5-8,11-13,30H,9-10H2,1-4H3,(H,27,34)(H,31,32). The van der Waals surface area contributed by atoms with Crippen molar-refractivity contribution in [2.45, 2.75) is 27.2 Å². The highest BCUT2D eigenvalue weighted by Crippen LogP contribution is 2.38. The second-order valence-electron chi connectivity index (χ2n) is 8.01. The van der Waals surface area contributed by atoms with Crippen LogP contribution in [0.4, 0.5) is 20.6 Å². The maximum atomic E-state index is 14.9. The Bertz CT molecular complexity index is 1330. The molecular formula is C25H26FN3O5. The first-order valence-corrected chi connectivity index (χ1v) is 10.6. The van der Waals surface area contributed by atoms with E-state index in [0.29, 0.717) is 16.8 Å². The summed E-state index contributed by atoms with van der Waals surface area (Å²) in [5.74, 6) is -2.23. The number of carbonyl (C=O) groups excluding carboxylic acids is 1. The van der Waals surface area contributed by atoms with Crippen LogP contribution in [0.3, 0.4) is 0 Å². The number of carboxylic acids is 1. The number of benzene rings is 2. The fourth-order valence-corrected chi connectivity index (χ4v) is 3.74. The molecule has 0 unspecified atom stereocenters. The number of carbonyl (C=O) groups is 2. The molecule has 0 aliphatic rings. The van der Waals surface area contributed by atoms with Gasteiger partial charge in [-0.25, -0.2) is 9.18 Å². The number of anilines is 2. The summed E-state index contributed by atoms with van der Waals surface area (Å²) in [5.41, 5.74) is 2.08. The minimum atomic E-state index is -1.12. The van der Waals surface area contributed by atoms with Gasteiger partial charge in [0.25, 0.3) is 5.56 Å². The molecule has 0 aliphatic carbocycles. The molecule has 3 N–H and O–H groups in total. The number of nitrogens with one attached hydrogen (secondary N) is 1. The largest absolute Gasteiger partial charge is 0.505 e. The van der Waals surface area contributed by atoms with Gasteiger partial charge in [0, 0.05) is 25.4 Å². The maximum Gasteiger partial charge on any atom is 0.326 e. The normalized spacial score (nSPS) is 10.7. The molecule has 9 heteroatoms. The number of aryl methyl sites for hydroxylation is 2. The van der Waals surface area contributed by atoms with Gasteiger partial charge in [0.2, 0.25) is 0 Å². The Balaban J connectivity index is 2.27. The van der Waals surface area contributed by atoms with E-state index >= 15 is 0 Å². The van der Waals surface area contributed by atoms with Gasteiger partial charge in [0.05, 0.1) is 12.1 Å². The summed E-state index contributed by atoms with van der Waals surface area (Å²) >= 11 is 0. The minimum Gasteiger partial charge on any atom is -0.505 e. The number of nitrogens with zero attached hydrogens (tertiary/aromatic N) is 2. The van der Waals surface area contributed by atoms with Crippen molar-refractivity contribution < 1.29 is 24.2 Å². The molecule has 2 amide bonds. The molecule has 0 spiro atoms. The van der Waals surface area contributed by atoms with E-state index < -0.39 is 29.1 Å². The highest BCUT2D eigenvalue weighted by Gasteiger charge is 2.28. The SMILES string of the molecule is Cc1ccccc1-c1cc(F)cc(N(C(=O)NCCC(=O)O)c2c(O)cc(C)n(C)c2=O)c1C. The van der Waals surface area contributed by atoms with Crippen LogP contribution in [0.5, 0.6) is 5.75 Å². The molecular weight excluding hydrogens is 441 g/mol. The van der Waals surface area contributed by atoms with Crippen molar-refractivity contribution in [1.82, 2.24) is 9.88 Å². The average Bonchev–Trinajstić information content (AvgIpc) is 2.77. The van der Waals surface area contributed by atoms with Gasteiger partial charge >= 0.3 is 12.0 Å². The molecule has 0 fully saturated rings. The van der Waals surface area contributed by atoms with Crippen LogP contribution in [0, 0.1) is 26.6 Å². The molecule has 0 saturated heterocycles. The number of hydrogen-bond acceptors (Lipinski definition) is 4. The van der Waals surface area contributed by atoms with Crippen molar-refractivity contribution in [3.05, 3.63) is 75.5 Å². The highest BCUT2D eigenvalue weighted by molar-refractivity contribution is 6.02. The topological polar surface area (TPSA) is 112 Å². The molecule has 0 aliphatic heterocycles. The van der Waals surface area contributed by atoms with E-state index in [2.05, 4.69) is 5.32 Å². The summed E-state index contributed by atoms with van der Waals surface area (Å²) in [6.07, 6.45) is -0.353. The van der Waals surface area contributed by atoms with Crippen LogP contribution in [0.1, 0.15) is 23.2 Å². The Hall–Kier alpha value is -4.14. The second kappa shape index (κ2) is 9.78. The Labute approximate surface area is 195 Å². The number of halogens is 1. The number of hydrogen-bond donors (Lipinski definition) is 3. The van der Waals surface area contributed by atoms with Crippen LogP contribution >= 0.6 is 0 Å². The van der Waals surface area contributed by atoms with Crippen molar-refractivity contribution in [3.63, 3.8) is 0 Å². The summed E-state index contributed by atoms with van der Waals surface area (Å²) in [6, 6.07) is 10.3. The Morgan fingerprint density at radius 2 is 1.76 bits per heavy atom. The zero-order valence-corrected chi connectivity index (χ0v) is 19.3. The highest BCUT2D eigenvalue weighted by atomic mass is 19.1. The lowest BCUT2D eigenvalue weighted by Crippen LogP contribution is -2.41. The molecule has 0 saturated carbocycles. The molecule has 0 atom stereocenters. The van der Waals surface area contributed by atoms with E-state index in [0.717, 1.165) is 22.1 Å². The Morgan fingerprint density at radius 1 is 1.09 bits per heavy atom. The van der Waals surface area contributed by atoms with Crippen molar-refractivity contribution in [2.24, 2.45) is 7.05 Å². The van der Waals surface area contributed by atoms with Crippen LogP contribution in [0.2, 0.25) is 0 Å². The Morgan fingerprint density at radius 3 is 2.41 bits per heavy atom. The molecule has 34 heavy (non-hydrogen) atoms. The van der Waals surface area contributed by atoms with E-state index in [4.69, 9.17) is 5.11 Å². The lowest BCUT2D eigenvalue weighted by atomic mass is 9.95. The van der Waals surface area contributed by atoms with Crippen molar-refractivity contribution in [1.29, 1.82) is 0 Å². The number of aromatic nitrogens is 1. The van der Waals surface area contributed by atoms with Crippen LogP contribution in [0.25, 0.3) is 11.1 Å². The zero-order valence-electron chi connectivity index (χ0n) is 19.3. The average molecular weight is 467 g/mol. The van der Waals surface area contributed by atoms with Crippen LogP contribution in [-0.4, -0.2) is 33.3 Å². The van der Waals surface area contributed by atoms with Crippen LogP contribution < -0.4 is 15.8 Å². The predicted molar refractivity (Wildman–Crippen MR) is 127 cm³/mol. The third-order valence-corrected chi connectivity index (χ3v) is 5.69. The fraction of sp³-hybridized carbons (Fsp3) is 0.240. The Kier molecular flexibility index (Phi) is 7.05. The van der Waals surface area contributed by atoms with Crippen molar-refractivity contribution in [2.75, 3.05) is 11.4 Å². The van der Waals surface area contributed by atoms with Crippen LogP contribution in [0.15, 0.2) is 47.3 Å². The molecule has 0 radical (unpaired) electrons. The molecule has 1 aromatic heterocycles. The number of urea groups is 1. The first-order valence-electron chi connectivity index (χ1n) is 10.6. The molecule has 2 aromatic carbocycles. The van der Waals surface area contributed by atoms with Gasteiger partial charge in [-0.2, -0.15) is 0 Å². The van der Waals surface area contributed by atoms with E-state index in [-0.39, 0.29) is 24.3 Å². The van der Waals surface area contributed by atoms with Gasteiger partial charge in [0.1, 0.15) is 11.6 Å². The van der Waals surface area contributed by atoms with Crippen LogP contribution in [-0.2, 0) is 11.8 Å². The van der Waals surface area contributed by atoms with E-state index in [1.54, 1.807) is 13.8 Å². The smallest absolute Gasteiger partial charge is 0.326 e. The summed E-state index contributed by atoms with van der Waals surface area (Å²) in [7, 11) is 1.48. The number of aliphatic carboxylic acids is 1. The second-order valence-corrected chi connectivity index (χ2v) is 8.01. The minimum absolute atomic E-state index is 0.0438. The predicted octanol–water partition coefficient (Wildman–Crippen LogP) is 4.14. The summed E-state index contributed by atoms with van der Waals surface area (Å²) < 4.78 is 16.1.